The molecule has 0 atom stereocenters. The Morgan fingerprint density at radius 1 is 1.00 bits per heavy atom. The molecule has 3 aromatic carbocycles. The number of phenolic OH excluding ortho intramolecular Hbond substituents is 1. The topological polar surface area (TPSA) is 90.8 Å². The first kappa shape index (κ1) is 22.0. The van der Waals surface area contributed by atoms with Crippen LogP contribution in [0.5, 0.6) is 5.75 Å². The van der Waals surface area contributed by atoms with E-state index in [0.29, 0.717) is 31.9 Å². The van der Waals surface area contributed by atoms with Crippen molar-refractivity contribution in [2.24, 2.45) is 5.10 Å². The molecule has 0 aliphatic carbocycles. The lowest BCUT2D eigenvalue weighted by molar-refractivity contribution is 0.0954. The van der Waals surface area contributed by atoms with Crippen molar-refractivity contribution in [3.05, 3.63) is 91.3 Å². The van der Waals surface area contributed by atoms with Gasteiger partial charge in [0.2, 0.25) is 0 Å². The Kier molecular flexibility index (Phi) is 7.25. The van der Waals surface area contributed by atoms with Crippen LogP contribution in [-0.2, 0) is 0 Å². The Hall–Kier alpha value is -2.68. The van der Waals surface area contributed by atoms with Crippen LogP contribution in [0.3, 0.4) is 0 Å². The number of anilines is 1. The molecule has 9 heteroatoms. The number of aromatic hydroxyl groups is 1. The summed E-state index contributed by atoms with van der Waals surface area (Å²) in [6.45, 7) is 0. The van der Waals surface area contributed by atoms with Gasteiger partial charge in [-0.3, -0.25) is 9.59 Å². The maximum Gasteiger partial charge on any atom is 0.271 e. The molecule has 3 aromatic rings. The number of nitrogens with one attached hydrogen (secondary N) is 2. The monoisotopic (exact) mass is 549 g/mol. The molecule has 3 rings (SSSR count). The average Bonchev–Trinajstić information content (AvgIpc) is 2.72. The average molecular weight is 552 g/mol. The first-order chi connectivity index (χ1) is 14.3. The van der Waals surface area contributed by atoms with Crippen LogP contribution < -0.4 is 10.7 Å². The Morgan fingerprint density at radius 2 is 1.70 bits per heavy atom. The lowest BCUT2D eigenvalue weighted by Gasteiger charge is -2.07. The van der Waals surface area contributed by atoms with Gasteiger partial charge in [0.05, 0.1) is 21.3 Å². The maximum absolute atomic E-state index is 12.3. The van der Waals surface area contributed by atoms with E-state index in [0.717, 1.165) is 4.47 Å². The largest absolute Gasteiger partial charge is 0.506 e. The van der Waals surface area contributed by atoms with Gasteiger partial charge in [-0.25, -0.2) is 5.43 Å². The fourth-order valence-corrected chi connectivity index (χ4v) is 3.94. The van der Waals surface area contributed by atoms with Gasteiger partial charge < -0.3 is 10.4 Å². The predicted molar refractivity (Wildman–Crippen MR) is 124 cm³/mol. The second kappa shape index (κ2) is 9.88. The third-order valence-electron chi connectivity index (χ3n) is 3.95. The van der Waals surface area contributed by atoms with Gasteiger partial charge in [0.15, 0.2) is 0 Å². The predicted octanol–water partition coefficient (Wildman–Crippen LogP) is 5.59. The van der Waals surface area contributed by atoms with Gasteiger partial charge >= 0.3 is 0 Å². The van der Waals surface area contributed by atoms with E-state index < -0.39 is 5.91 Å². The number of nitrogens with zero attached hydrogens (tertiary/aromatic N) is 1. The minimum atomic E-state index is -0.441. The summed E-state index contributed by atoms with van der Waals surface area (Å²) in [6.07, 6.45) is 1.33. The zero-order chi connectivity index (χ0) is 21.7. The first-order valence-electron chi connectivity index (χ1n) is 8.52. The zero-order valence-corrected chi connectivity index (χ0v) is 19.1. The van der Waals surface area contributed by atoms with Crippen molar-refractivity contribution in [2.45, 2.75) is 0 Å². The molecule has 152 valence electrons. The Balaban J connectivity index is 1.63. The molecule has 30 heavy (non-hydrogen) atoms. The van der Waals surface area contributed by atoms with E-state index in [9.17, 15) is 14.7 Å². The van der Waals surface area contributed by atoms with E-state index in [1.54, 1.807) is 60.7 Å². The second-order valence-corrected chi connectivity index (χ2v) is 8.21. The molecule has 0 spiro atoms. The number of halogens is 3. The van der Waals surface area contributed by atoms with Gasteiger partial charge in [0.1, 0.15) is 5.75 Å². The summed E-state index contributed by atoms with van der Waals surface area (Å²) in [5.41, 5.74) is 4.04. The summed E-state index contributed by atoms with van der Waals surface area (Å²) in [4.78, 5) is 24.5. The van der Waals surface area contributed by atoms with E-state index in [2.05, 4.69) is 47.7 Å². The summed E-state index contributed by atoms with van der Waals surface area (Å²) in [5, 5.41) is 16.9. The highest BCUT2D eigenvalue weighted by Gasteiger charge is 2.11. The molecule has 0 aliphatic heterocycles. The van der Waals surface area contributed by atoms with Gasteiger partial charge in [-0.15, -0.1) is 0 Å². The normalized spacial score (nSPS) is 10.8. The molecular formula is C21H14Br2ClN3O3. The third kappa shape index (κ3) is 5.47. The molecular weight excluding hydrogens is 538 g/mol. The zero-order valence-electron chi connectivity index (χ0n) is 15.2. The van der Waals surface area contributed by atoms with Crippen molar-refractivity contribution in [2.75, 3.05) is 5.32 Å². The van der Waals surface area contributed by atoms with Crippen LogP contribution in [0.1, 0.15) is 26.3 Å². The number of carbonyl (C=O) groups is 2. The minimum Gasteiger partial charge on any atom is -0.506 e. The van der Waals surface area contributed by atoms with Crippen molar-refractivity contribution in [1.29, 1.82) is 0 Å². The summed E-state index contributed by atoms with van der Waals surface area (Å²) < 4.78 is 1.24. The van der Waals surface area contributed by atoms with E-state index >= 15 is 0 Å². The SMILES string of the molecule is O=C(NN=Cc1cc(Br)cc(Br)c1O)c1ccc(NC(=O)c2ccccc2Cl)cc1. The Labute approximate surface area is 194 Å². The van der Waals surface area contributed by atoms with E-state index in [4.69, 9.17) is 11.6 Å². The molecule has 0 heterocycles. The van der Waals surface area contributed by atoms with Crippen LogP contribution in [0.15, 0.2) is 74.7 Å². The lowest BCUT2D eigenvalue weighted by atomic mass is 10.1. The fourth-order valence-electron chi connectivity index (χ4n) is 2.46. The number of carbonyl (C=O) groups excluding carboxylic acids is 2. The molecule has 0 aliphatic rings. The highest BCUT2D eigenvalue weighted by Crippen LogP contribution is 2.30. The van der Waals surface area contributed by atoms with Crippen molar-refractivity contribution >= 4 is 67.2 Å². The smallest absolute Gasteiger partial charge is 0.271 e. The molecule has 3 N–H and O–H groups in total. The molecule has 0 saturated carbocycles. The number of amides is 2. The van der Waals surface area contributed by atoms with Crippen LogP contribution in [0.2, 0.25) is 5.02 Å². The van der Waals surface area contributed by atoms with Crippen LogP contribution in [0.25, 0.3) is 0 Å². The number of phenols is 1. The van der Waals surface area contributed by atoms with Gasteiger partial charge in [-0.1, -0.05) is 39.7 Å². The van der Waals surface area contributed by atoms with Crippen molar-refractivity contribution in [3.63, 3.8) is 0 Å². The van der Waals surface area contributed by atoms with E-state index in [-0.39, 0.29) is 11.7 Å². The first-order valence-corrected chi connectivity index (χ1v) is 10.5. The van der Waals surface area contributed by atoms with Crippen LogP contribution in [0.4, 0.5) is 5.69 Å². The number of hydrogen-bond acceptors (Lipinski definition) is 4. The standard InChI is InChI=1S/C21H14Br2ClN3O3/c22-14-9-13(19(28)17(23)10-14)11-25-27-20(29)12-5-7-15(8-6-12)26-21(30)16-3-1-2-4-18(16)24/h1-11,28H,(H,26,30)(H,27,29). The van der Waals surface area contributed by atoms with Crippen LogP contribution in [0, 0.1) is 0 Å². The Morgan fingerprint density at radius 3 is 2.40 bits per heavy atom. The highest BCUT2D eigenvalue weighted by atomic mass is 79.9. The summed E-state index contributed by atoms with van der Waals surface area (Å²) >= 11 is 12.6. The number of rotatable bonds is 5. The van der Waals surface area contributed by atoms with E-state index in [1.807, 2.05) is 0 Å². The van der Waals surface area contributed by atoms with Crippen LogP contribution in [-0.4, -0.2) is 23.1 Å². The maximum atomic E-state index is 12.3. The summed E-state index contributed by atoms with van der Waals surface area (Å²) in [6, 6.07) is 16.4. The molecule has 0 saturated heterocycles. The highest BCUT2D eigenvalue weighted by molar-refractivity contribution is 9.11. The molecule has 0 unspecified atom stereocenters. The summed E-state index contributed by atoms with van der Waals surface area (Å²) in [7, 11) is 0. The number of benzene rings is 3. The molecule has 0 radical (unpaired) electrons. The van der Waals surface area contributed by atoms with Crippen molar-refractivity contribution in [1.82, 2.24) is 5.43 Å². The van der Waals surface area contributed by atoms with E-state index in [1.165, 1.54) is 6.21 Å². The number of hydrazone groups is 1. The summed E-state index contributed by atoms with van der Waals surface area (Å²) in [5.74, 6) is -0.777. The quantitative estimate of drug-likeness (QED) is 0.285. The molecule has 2 amide bonds. The third-order valence-corrected chi connectivity index (χ3v) is 5.34. The molecule has 0 fully saturated rings. The fraction of sp³-hybridized carbons (Fsp3) is 0. The molecule has 6 nitrogen and oxygen atoms in total. The molecule has 0 bridgehead atoms. The van der Waals surface area contributed by atoms with Gasteiger partial charge in [0, 0.05) is 21.3 Å². The molecule has 0 aromatic heterocycles. The van der Waals surface area contributed by atoms with Gasteiger partial charge in [-0.05, 0) is 64.5 Å². The lowest BCUT2D eigenvalue weighted by Crippen LogP contribution is -2.18. The van der Waals surface area contributed by atoms with Crippen molar-refractivity contribution in [3.8, 4) is 5.75 Å². The van der Waals surface area contributed by atoms with Crippen LogP contribution >= 0.6 is 43.5 Å². The minimum absolute atomic E-state index is 0.00909. The van der Waals surface area contributed by atoms with Crippen molar-refractivity contribution < 1.29 is 14.7 Å². The van der Waals surface area contributed by atoms with Gasteiger partial charge in [0.25, 0.3) is 11.8 Å². The number of hydrogen-bond donors (Lipinski definition) is 3. The van der Waals surface area contributed by atoms with Gasteiger partial charge in [-0.2, -0.15) is 5.10 Å². The second-order valence-electron chi connectivity index (χ2n) is 6.04. The Bertz CT molecular complexity index is 1130.